The molecular formula is C16H18BrFN2O4. The minimum atomic E-state index is -0.920. The maximum Gasteiger partial charge on any atom is 0.337 e. The molecule has 0 fully saturated rings. The lowest BCUT2D eigenvalue weighted by Gasteiger charge is -2.35. The number of allylic oxidation sites excluding steroid dienone is 1. The third-order valence-electron chi connectivity index (χ3n) is 3.79. The van der Waals surface area contributed by atoms with E-state index in [1.165, 1.54) is 31.3 Å². The van der Waals surface area contributed by atoms with Gasteiger partial charge in [-0.3, -0.25) is 4.90 Å². The number of amides is 2. The van der Waals surface area contributed by atoms with E-state index in [2.05, 4.69) is 21.2 Å². The highest BCUT2D eigenvalue weighted by Gasteiger charge is 2.37. The highest BCUT2D eigenvalue weighted by atomic mass is 79.9. The molecule has 0 aromatic heterocycles. The predicted octanol–water partition coefficient (Wildman–Crippen LogP) is 2.75. The summed E-state index contributed by atoms with van der Waals surface area (Å²) in [6.45, 7) is 2.20. The lowest BCUT2D eigenvalue weighted by molar-refractivity contribution is -0.136. The van der Waals surface area contributed by atoms with Crippen LogP contribution in [0, 0.1) is 5.82 Å². The SMILES string of the molecule is COCCN1C(=O)N[C@@H](c2ccc(Br)cc2F)C(C(=O)OC)=C1C. The molecular weight excluding hydrogens is 383 g/mol. The molecule has 0 aliphatic carbocycles. The predicted molar refractivity (Wildman–Crippen MR) is 88.7 cm³/mol. The summed E-state index contributed by atoms with van der Waals surface area (Å²) in [6.07, 6.45) is 0. The van der Waals surface area contributed by atoms with Gasteiger partial charge in [-0.15, -0.1) is 0 Å². The standard InChI is InChI=1S/C16H18BrFN2O4/c1-9-13(15(21)24-3)14(11-5-4-10(17)8-12(11)18)19-16(22)20(9)6-7-23-2/h4-5,8,14H,6-7H2,1-3H3,(H,19,22)/t14-/m0/s1. The number of urea groups is 1. The first-order chi connectivity index (χ1) is 11.4. The van der Waals surface area contributed by atoms with Crippen LogP contribution < -0.4 is 5.32 Å². The second kappa shape index (κ2) is 7.76. The Kier molecular flexibility index (Phi) is 5.95. The Balaban J connectivity index is 2.52. The second-order valence-corrected chi connectivity index (χ2v) is 6.10. The molecule has 0 radical (unpaired) electrons. The van der Waals surface area contributed by atoms with Crippen molar-refractivity contribution in [2.75, 3.05) is 27.4 Å². The van der Waals surface area contributed by atoms with E-state index >= 15 is 0 Å². The Labute approximate surface area is 147 Å². The smallest absolute Gasteiger partial charge is 0.337 e. The van der Waals surface area contributed by atoms with Gasteiger partial charge in [0.2, 0.25) is 0 Å². The van der Waals surface area contributed by atoms with Gasteiger partial charge in [-0.25, -0.2) is 14.0 Å². The van der Waals surface area contributed by atoms with Gasteiger partial charge in [0.15, 0.2) is 0 Å². The number of benzene rings is 1. The molecule has 0 saturated heterocycles. The van der Waals surface area contributed by atoms with Crippen molar-refractivity contribution in [2.24, 2.45) is 0 Å². The van der Waals surface area contributed by atoms with Crippen LogP contribution in [-0.2, 0) is 14.3 Å². The van der Waals surface area contributed by atoms with E-state index in [-0.39, 0.29) is 17.7 Å². The van der Waals surface area contributed by atoms with Gasteiger partial charge in [0, 0.05) is 22.8 Å². The van der Waals surface area contributed by atoms with E-state index in [0.29, 0.717) is 16.8 Å². The van der Waals surface area contributed by atoms with Crippen molar-refractivity contribution >= 4 is 27.9 Å². The summed E-state index contributed by atoms with van der Waals surface area (Å²) in [6, 6.07) is 3.10. The Morgan fingerprint density at radius 3 is 2.71 bits per heavy atom. The van der Waals surface area contributed by atoms with E-state index in [4.69, 9.17) is 9.47 Å². The Hall–Kier alpha value is -1.93. The average molecular weight is 401 g/mol. The summed E-state index contributed by atoms with van der Waals surface area (Å²) < 4.78 is 24.7. The molecule has 2 rings (SSSR count). The maximum absolute atomic E-state index is 14.3. The molecule has 0 spiro atoms. The maximum atomic E-state index is 14.3. The summed E-state index contributed by atoms with van der Waals surface area (Å²) in [4.78, 5) is 26.0. The van der Waals surface area contributed by atoms with Gasteiger partial charge in [0.25, 0.3) is 0 Å². The number of esters is 1. The number of hydrogen-bond donors (Lipinski definition) is 1. The molecule has 1 N–H and O–H groups in total. The molecule has 1 heterocycles. The minimum absolute atomic E-state index is 0.189. The Morgan fingerprint density at radius 1 is 1.42 bits per heavy atom. The van der Waals surface area contributed by atoms with Gasteiger partial charge in [0.05, 0.1) is 31.9 Å². The van der Waals surface area contributed by atoms with Crippen molar-refractivity contribution in [1.29, 1.82) is 0 Å². The fraction of sp³-hybridized carbons (Fsp3) is 0.375. The van der Waals surface area contributed by atoms with Crippen molar-refractivity contribution in [1.82, 2.24) is 10.2 Å². The van der Waals surface area contributed by atoms with Gasteiger partial charge < -0.3 is 14.8 Å². The molecule has 2 amide bonds. The Bertz CT molecular complexity index is 693. The van der Waals surface area contributed by atoms with Crippen molar-refractivity contribution in [3.63, 3.8) is 0 Å². The molecule has 130 valence electrons. The van der Waals surface area contributed by atoms with Crippen LogP contribution in [0.5, 0.6) is 0 Å². The van der Waals surface area contributed by atoms with E-state index < -0.39 is 23.9 Å². The first-order valence-electron chi connectivity index (χ1n) is 7.21. The van der Waals surface area contributed by atoms with Crippen LogP contribution in [0.15, 0.2) is 33.9 Å². The molecule has 0 unspecified atom stereocenters. The van der Waals surface area contributed by atoms with Crippen LogP contribution in [0.3, 0.4) is 0 Å². The molecule has 1 aromatic rings. The van der Waals surface area contributed by atoms with Gasteiger partial charge in [0.1, 0.15) is 5.82 Å². The van der Waals surface area contributed by atoms with E-state index in [9.17, 15) is 14.0 Å². The number of halogens is 2. The highest BCUT2D eigenvalue weighted by Crippen LogP contribution is 2.33. The van der Waals surface area contributed by atoms with Gasteiger partial charge in [-0.05, 0) is 19.1 Å². The molecule has 8 heteroatoms. The minimum Gasteiger partial charge on any atom is -0.466 e. The van der Waals surface area contributed by atoms with Crippen molar-refractivity contribution in [2.45, 2.75) is 13.0 Å². The van der Waals surface area contributed by atoms with Crippen molar-refractivity contribution in [3.05, 3.63) is 45.3 Å². The zero-order chi connectivity index (χ0) is 17.9. The van der Waals surface area contributed by atoms with Crippen LogP contribution in [0.4, 0.5) is 9.18 Å². The fourth-order valence-corrected chi connectivity index (χ4v) is 2.91. The summed E-state index contributed by atoms with van der Waals surface area (Å²) in [5, 5.41) is 2.67. The molecule has 1 atom stereocenters. The van der Waals surface area contributed by atoms with Gasteiger partial charge >= 0.3 is 12.0 Å². The van der Waals surface area contributed by atoms with E-state index in [1.54, 1.807) is 13.0 Å². The zero-order valence-corrected chi connectivity index (χ0v) is 15.1. The quantitative estimate of drug-likeness (QED) is 0.771. The summed E-state index contributed by atoms with van der Waals surface area (Å²) >= 11 is 3.19. The number of ether oxygens (including phenoxy) is 2. The molecule has 24 heavy (non-hydrogen) atoms. The van der Waals surface area contributed by atoms with Crippen LogP contribution >= 0.6 is 15.9 Å². The first kappa shape index (κ1) is 18.4. The van der Waals surface area contributed by atoms with Crippen LogP contribution in [-0.4, -0.2) is 44.3 Å². The first-order valence-corrected chi connectivity index (χ1v) is 8.01. The normalized spacial score (nSPS) is 17.8. The van der Waals surface area contributed by atoms with Gasteiger partial charge in [-0.2, -0.15) is 0 Å². The number of hydrogen-bond acceptors (Lipinski definition) is 4. The van der Waals surface area contributed by atoms with Crippen LogP contribution in [0.25, 0.3) is 0 Å². The number of carbonyl (C=O) groups is 2. The largest absolute Gasteiger partial charge is 0.466 e. The molecule has 6 nitrogen and oxygen atoms in total. The number of nitrogens with one attached hydrogen (secondary N) is 1. The molecule has 1 aromatic carbocycles. The second-order valence-electron chi connectivity index (χ2n) is 5.18. The van der Waals surface area contributed by atoms with Crippen LogP contribution in [0.1, 0.15) is 18.5 Å². The summed E-state index contributed by atoms with van der Waals surface area (Å²) in [5.74, 6) is -1.16. The average Bonchev–Trinajstić information content (AvgIpc) is 2.53. The third kappa shape index (κ3) is 3.59. The summed E-state index contributed by atoms with van der Waals surface area (Å²) in [7, 11) is 2.76. The van der Waals surface area contributed by atoms with Crippen molar-refractivity contribution < 1.29 is 23.5 Å². The fourth-order valence-electron chi connectivity index (χ4n) is 2.58. The van der Waals surface area contributed by atoms with Gasteiger partial charge in [-0.1, -0.05) is 22.0 Å². The lowest BCUT2D eigenvalue weighted by atomic mass is 9.94. The molecule has 1 aliphatic rings. The number of rotatable bonds is 5. The number of nitrogens with zero attached hydrogens (tertiary/aromatic N) is 1. The van der Waals surface area contributed by atoms with E-state index in [1.807, 2.05) is 0 Å². The van der Waals surface area contributed by atoms with E-state index in [0.717, 1.165) is 0 Å². The number of methoxy groups -OCH3 is 2. The third-order valence-corrected chi connectivity index (χ3v) is 4.29. The molecule has 0 bridgehead atoms. The zero-order valence-electron chi connectivity index (χ0n) is 13.6. The lowest BCUT2D eigenvalue weighted by Crippen LogP contribution is -2.49. The number of carbonyl (C=O) groups excluding carboxylic acids is 2. The summed E-state index contributed by atoms with van der Waals surface area (Å²) in [5.41, 5.74) is 0.794. The van der Waals surface area contributed by atoms with Crippen molar-refractivity contribution in [3.8, 4) is 0 Å². The molecule has 1 aliphatic heterocycles. The topological polar surface area (TPSA) is 67.9 Å². The van der Waals surface area contributed by atoms with Crippen LogP contribution in [0.2, 0.25) is 0 Å². The Morgan fingerprint density at radius 2 is 2.12 bits per heavy atom. The molecule has 0 saturated carbocycles. The highest BCUT2D eigenvalue weighted by molar-refractivity contribution is 9.10. The monoisotopic (exact) mass is 400 g/mol.